The lowest BCUT2D eigenvalue weighted by Crippen LogP contribution is -2.50. The van der Waals surface area contributed by atoms with Gasteiger partial charge in [-0.25, -0.2) is 10.9 Å². The van der Waals surface area contributed by atoms with Crippen LogP contribution in [0.2, 0.25) is 5.02 Å². The van der Waals surface area contributed by atoms with Gasteiger partial charge in [0, 0.05) is 55.9 Å². The normalized spacial score (nSPS) is 24.8. The molecule has 0 spiro atoms. The van der Waals surface area contributed by atoms with Crippen molar-refractivity contribution in [1.29, 1.82) is 0 Å². The van der Waals surface area contributed by atoms with Crippen molar-refractivity contribution in [1.82, 2.24) is 21.1 Å². The maximum Gasteiger partial charge on any atom is 0.238 e. The Morgan fingerprint density at radius 2 is 2.00 bits per heavy atom. The number of aryl methyl sites for hydroxylation is 1. The van der Waals surface area contributed by atoms with E-state index < -0.39 is 0 Å². The van der Waals surface area contributed by atoms with Crippen molar-refractivity contribution in [3.8, 4) is 5.75 Å². The number of nitrogens with zero attached hydrogens (tertiary/aromatic N) is 2. The first-order chi connectivity index (χ1) is 16.1. The summed E-state index contributed by atoms with van der Waals surface area (Å²) in [5.41, 5.74) is 10.4. The summed E-state index contributed by atoms with van der Waals surface area (Å²) in [6, 6.07) is 14.2. The average Bonchev–Trinajstić information content (AvgIpc) is 3.29. The van der Waals surface area contributed by atoms with Gasteiger partial charge in [-0.2, -0.15) is 0 Å². The predicted molar refractivity (Wildman–Crippen MR) is 131 cm³/mol. The van der Waals surface area contributed by atoms with Crippen molar-refractivity contribution in [3.05, 3.63) is 58.6 Å². The zero-order chi connectivity index (χ0) is 22.8. The number of halogens is 1. The standard InChI is InChI=1S/C25H32ClN5O2/c1-33-20-6-8-21-17(15-20)5-7-22-23(21)28-29-24(22)25(32)27-9-10-30-11-13-31(14-12-30)19-4-2-3-18(26)16-19/h2-4,6,8,15-16,22-24,28-29H,5,7,9-14H2,1H3,(H,27,32). The smallest absolute Gasteiger partial charge is 0.238 e. The number of rotatable bonds is 6. The number of ether oxygens (including phenoxy) is 1. The minimum atomic E-state index is -0.204. The highest BCUT2D eigenvalue weighted by atomic mass is 35.5. The van der Waals surface area contributed by atoms with E-state index in [1.54, 1.807) is 7.11 Å². The van der Waals surface area contributed by atoms with E-state index in [-0.39, 0.29) is 23.9 Å². The molecule has 0 bridgehead atoms. The van der Waals surface area contributed by atoms with Gasteiger partial charge in [0.05, 0.1) is 13.2 Å². The predicted octanol–water partition coefficient (Wildman–Crippen LogP) is 2.37. The number of nitrogens with one attached hydrogen (secondary N) is 3. The third-order valence-corrected chi connectivity index (χ3v) is 7.47. The van der Waals surface area contributed by atoms with E-state index in [0.29, 0.717) is 6.54 Å². The lowest BCUT2D eigenvalue weighted by atomic mass is 9.77. The Bertz CT molecular complexity index is 995. The minimum absolute atomic E-state index is 0.0875. The van der Waals surface area contributed by atoms with Gasteiger partial charge in [-0.05, 0) is 54.3 Å². The summed E-state index contributed by atoms with van der Waals surface area (Å²) in [6.07, 6.45) is 1.95. The number of carbonyl (C=O) groups is 1. The molecular weight excluding hydrogens is 438 g/mol. The zero-order valence-electron chi connectivity index (χ0n) is 19.0. The van der Waals surface area contributed by atoms with Gasteiger partial charge >= 0.3 is 0 Å². The van der Waals surface area contributed by atoms with Crippen LogP contribution >= 0.6 is 11.6 Å². The van der Waals surface area contributed by atoms with E-state index >= 15 is 0 Å². The molecule has 2 fully saturated rings. The second-order valence-corrected chi connectivity index (χ2v) is 9.55. The Kier molecular flexibility index (Phi) is 6.74. The molecule has 2 aromatic carbocycles. The van der Waals surface area contributed by atoms with Crippen LogP contribution in [0.4, 0.5) is 5.69 Å². The summed E-state index contributed by atoms with van der Waals surface area (Å²) in [7, 11) is 1.70. The number of hydrogen-bond donors (Lipinski definition) is 3. The molecular formula is C25H32ClN5O2. The van der Waals surface area contributed by atoms with Crippen LogP contribution in [-0.4, -0.2) is 63.2 Å². The maximum absolute atomic E-state index is 13.0. The lowest BCUT2D eigenvalue weighted by Gasteiger charge is -2.36. The van der Waals surface area contributed by atoms with Crippen LogP contribution in [0.5, 0.6) is 5.75 Å². The molecule has 176 valence electrons. The monoisotopic (exact) mass is 469 g/mol. The van der Waals surface area contributed by atoms with E-state index in [4.69, 9.17) is 16.3 Å². The highest BCUT2D eigenvalue weighted by Gasteiger charge is 2.43. The third-order valence-electron chi connectivity index (χ3n) is 7.24. The summed E-state index contributed by atoms with van der Waals surface area (Å²) in [5.74, 6) is 1.23. The molecule has 3 atom stereocenters. The zero-order valence-corrected chi connectivity index (χ0v) is 19.8. The van der Waals surface area contributed by atoms with Crippen molar-refractivity contribution < 1.29 is 9.53 Å². The van der Waals surface area contributed by atoms with E-state index in [2.05, 4.69) is 44.2 Å². The molecule has 2 saturated heterocycles. The first kappa shape index (κ1) is 22.5. The number of benzene rings is 2. The summed E-state index contributed by atoms with van der Waals surface area (Å²) in [6.45, 7) is 5.44. The van der Waals surface area contributed by atoms with Crippen LogP contribution in [0, 0.1) is 5.92 Å². The number of methoxy groups -OCH3 is 1. The summed E-state index contributed by atoms with van der Waals surface area (Å²) in [4.78, 5) is 17.7. The molecule has 1 amide bonds. The fourth-order valence-corrected chi connectivity index (χ4v) is 5.57. The van der Waals surface area contributed by atoms with Crippen molar-refractivity contribution in [3.63, 3.8) is 0 Å². The van der Waals surface area contributed by atoms with Crippen molar-refractivity contribution in [2.45, 2.75) is 24.9 Å². The quantitative estimate of drug-likeness (QED) is 0.603. The Balaban J connectivity index is 1.09. The Labute approximate surface area is 200 Å². The highest BCUT2D eigenvalue weighted by molar-refractivity contribution is 6.30. The van der Waals surface area contributed by atoms with Crippen LogP contribution < -0.4 is 25.8 Å². The first-order valence-corrected chi connectivity index (χ1v) is 12.2. The van der Waals surface area contributed by atoms with E-state index in [9.17, 15) is 4.79 Å². The molecule has 0 saturated carbocycles. The largest absolute Gasteiger partial charge is 0.497 e. The Morgan fingerprint density at radius 1 is 1.15 bits per heavy atom. The number of fused-ring (bicyclic) bond motifs is 3. The molecule has 3 unspecified atom stereocenters. The van der Waals surface area contributed by atoms with Gasteiger partial charge in [-0.3, -0.25) is 9.69 Å². The molecule has 2 aliphatic heterocycles. The van der Waals surface area contributed by atoms with Gasteiger partial charge in [0.15, 0.2) is 0 Å². The molecule has 1 aliphatic carbocycles. The van der Waals surface area contributed by atoms with Gasteiger partial charge < -0.3 is 15.0 Å². The molecule has 2 aromatic rings. The highest BCUT2D eigenvalue weighted by Crippen LogP contribution is 2.40. The van der Waals surface area contributed by atoms with E-state index in [1.807, 2.05) is 24.3 Å². The molecule has 33 heavy (non-hydrogen) atoms. The van der Waals surface area contributed by atoms with Crippen molar-refractivity contribution >= 4 is 23.2 Å². The summed E-state index contributed by atoms with van der Waals surface area (Å²) in [5, 5.41) is 3.94. The van der Waals surface area contributed by atoms with Crippen molar-refractivity contribution in [2.24, 2.45) is 5.92 Å². The number of carbonyl (C=O) groups excluding carboxylic acids is 1. The molecule has 8 heteroatoms. The fourth-order valence-electron chi connectivity index (χ4n) is 5.39. The number of hydrazine groups is 1. The molecule has 5 rings (SSSR count). The van der Waals surface area contributed by atoms with Gasteiger partial charge in [-0.15, -0.1) is 0 Å². The summed E-state index contributed by atoms with van der Waals surface area (Å²) >= 11 is 6.13. The fraction of sp³-hybridized carbons (Fsp3) is 0.480. The second-order valence-electron chi connectivity index (χ2n) is 9.11. The topological polar surface area (TPSA) is 68.9 Å². The Morgan fingerprint density at radius 3 is 2.79 bits per heavy atom. The molecule has 0 radical (unpaired) electrons. The lowest BCUT2D eigenvalue weighted by molar-refractivity contribution is -0.123. The van der Waals surface area contributed by atoms with Crippen LogP contribution in [-0.2, 0) is 11.2 Å². The number of anilines is 1. The molecule has 7 nitrogen and oxygen atoms in total. The SMILES string of the molecule is COc1ccc2c(c1)CCC1C(C(=O)NCCN3CCN(c4cccc(Cl)c4)CC3)NNC21. The van der Waals surface area contributed by atoms with Gasteiger partial charge in [0.2, 0.25) is 5.91 Å². The van der Waals surface area contributed by atoms with Crippen LogP contribution in [0.3, 0.4) is 0 Å². The first-order valence-electron chi connectivity index (χ1n) is 11.8. The van der Waals surface area contributed by atoms with Crippen LogP contribution in [0.15, 0.2) is 42.5 Å². The average molecular weight is 470 g/mol. The van der Waals surface area contributed by atoms with Crippen LogP contribution in [0.1, 0.15) is 23.6 Å². The van der Waals surface area contributed by atoms with Crippen LogP contribution in [0.25, 0.3) is 0 Å². The number of hydrogen-bond acceptors (Lipinski definition) is 6. The van der Waals surface area contributed by atoms with Gasteiger partial charge in [0.1, 0.15) is 11.8 Å². The van der Waals surface area contributed by atoms with E-state index in [0.717, 1.165) is 56.3 Å². The number of amides is 1. The maximum atomic E-state index is 13.0. The van der Waals surface area contributed by atoms with E-state index in [1.165, 1.54) is 16.8 Å². The van der Waals surface area contributed by atoms with Crippen molar-refractivity contribution in [2.75, 3.05) is 51.3 Å². The molecule has 2 heterocycles. The van der Waals surface area contributed by atoms with Gasteiger partial charge in [0.25, 0.3) is 0 Å². The van der Waals surface area contributed by atoms with Gasteiger partial charge in [-0.1, -0.05) is 23.7 Å². The molecule has 0 aromatic heterocycles. The minimum Gasteiger partial charge on any atom is -0.497 e. The third kappa shape index (κ3) is 4.82. The second kappa shape index (κ2) is 9.89. The molecule has 3 N–H and O–H groups in total. The molecule has 3 aliphatic rings. The Hall–Kier alpha value is -2.32. The number of piperazine rings is 1. The summed E-state index contributed by atoms with van der Waals surface area (Å²) < 4.78 is 5.37.